The van der Waals surface area contributed by atoms with E-state index in [0.717, 1.165) is 14.9 Å². The lowest BCUT2D eigenvalue weighted by atomic mass is 10.1. The highest BCUT2D eigenvalue weighted by molar-refractivity contribution is 14.1. The minimum atomic E-state index is -0.654. The molecule has 2 aromatic rings. The van der Waals surface area contributed by atoms with E-state index in [9.17, 15) is 9.59 Å². The number of hydrogen-bond donors (Lipinski definition) is 1. The highest BCUT2D eigenvalue weighted by Gasteiger charge is 2.28. The molecule has 162 valence electrons. The number of ether oxygens (including phenoxy) is 2. The summed E-state index contributed by atoms with van der Waals surface area (Å²) in [5.74, 6) is 0.872. The Labute approximate surface area is 192 Å². The Bertz CT molecular complexity index is 845. The summed E-state index contributed by atoms with van der Waals surface area (Å²) in [5, 5.41) is 2.94. The van der Waals surface area contributed by atoms with E-state index in [2.05, 4.69) is 27.9 Å². The number of nitrogens with one attached hydrogen (secondary N) is 1. The van der Waals surface area contributed by atoms with Crippen molar-refractivity contribution in [1.82, 2.24) is 10.2 Å². The molecule has 2 amide bonds. The second kappa shape index (κ2) is 10.7. The van der Waals surface area contributed by atoms with Gasteiger partial charge in [-0.2, -0.15) is 0 Å². The molecule has 0 aliphatic rings. The van der Waals surface area contributed by atoms with Crippen LogP contribution >= 0.6 is 22.6 Å². The second-order valence-electron chi connectivity index (χ2n) is 8.03. The van der Waals surface area contributed by atoms with Gasteiger partial charge in [-0.1, -0.05) is 12.1 Å². The van der Waals surface area contributed by atoms with E-state index in [1.165, 1.54) is 4.90 Å². The molecule has 30 heavy (non-hydrogen) atoms. The number of hydrogen-bond acceptors (Lipinski definition) is 4. The third kappa shape index (κ3) is 7.51. The number of rotatable bonds is 8. The third-order valence-corrected chi connectivity index (χ3v) is 5.07. The average Bonchev–Trinajstić information content (AvgIpc) is 2.70. The number of amides is 2. The lowest BCUT2D eigenvalue weighted by Crippen LogP contribution is -2.53. The van der Waals surface area contributed by atoms with Crippen LogP contribution < -0.4 is 14.8 Å². The monoisotopic (exact) mass is 524 g/mol. The fourth-order valence-electron chi connectivity index (χ4n) is 2.74. The maximum absolute atomic E-state index is 13.0. The predicted molar refractivity (Wildman–Crippen MR) is 126 cm³/mol. The van der Waals surface area contributed by atoms with Crippen LogP contribution in [0.15, 0.2) is 48.5 Å². The standard InChI is InChI=1S/C23H29IN2O4/c1-16(22(28)25-23(2,3)4)26(14-17-6-10-19(29-5)11-7-17)21(27)15-30-20-12-8-18(24)9-13-20/h6-13,16H,14-15H2,1-5H3,(H,25,28). The zero-order valence-electron chi connectivity index (χ0n) is 18.1. The number of benzene rings is 2. The zero-order valence-corrected chi connectivity index (χ0v) is 20.2. The van der Waals surface area contributed by atoms with Crippen LogP contribution in [0.4, 0.5) is 0 Å². The van der Waals surface area contributed by atoms with E-state index < -0.39 is 11.6 Å². The van der Waals surface area contributed by atoms with Crippen molar-refractivity contribution in [2.24, 2.45) is 0 Å². The van der Waals surface area contributed by atoms with E-state index >= 15 is 0 Å². The van der Waals surface area contributed by atoms with Crippen molar-refractivity contribution < 1.29 is 19.1 Å². The predicted octanol–water partition coefficient (Wildman–Crippen LogP) is 4.01. The summed E-state index contributed by atoms with van der Waals surface area (Å²) in [4.78, 5) is 27.3. The first-order valence-corrected chi connectivity index (χ1v) is 10.8. The summed E-state index contributed by atoms with van der Waals surface area (Å²) in [6, 6.07) is 14.2. The largest absolute Gasteiger partial charge is 0.497 e. The van der Waals surface area contributed by atoms with E-state index in [0.29, 0.717) is 5.75 Å². The van der Waals surface area contributed by atoms with Crippen LogP contribution in [0.3, 0.4) is 0 Å². The van der Waals surface area contributed by atoms with Crippen molar-refractivity contribution in [3.05, 3.63) is 57.7 Å². The first-order valence-electron chi connectivity index (χ1n) is 9.72. The zero-order chi connectivity index (χ0) is 22.3. The molecule has 0 fully saturated rings. The molecule has 0 radical (unpaired) electrons. The molecule has 6 nitrogen and oxygen atoms in total. The van der Waals surface area contributed by atoms with Gasteiger partial charge in [0.05, 0.1) is 7.11 Å². The molecule has 0 bridgehead atoms. The van der Waals surface area contributed by atoms with E-state index in [-0.39, 0.29) is 25.0 Å². The Kier molecular flexibility index (Phi) is 8.52. The van der Waals surface area contributed by atoms with Crippen LogP contribution in [0.1, 0.15) is 33.3 Å². The van der Waals surface area contributed by atoms with E-state index in [4.69, 9.17) is 9.47 Å². The number of carbonyl (C=O) groups excluding carboxylic acids is 2. The molecular formula is C23H29IN2O4. The minimum absolute atomic E-state index is 0.149. The SMILES string of the molecule is COc1ccc(CN(C(=O)COc2ccc(I)cc2)C(C)C(=O)NC(C)(C)C)cc1. The summed E-state index contributed by atoms with van der Waals surface area (Å²) in [7, 11) is 1.60. The molecule has 1 N–H and O–H groups in total. The molecule has 0 aliphatic carbocycles. The van der Waals surface area contributed by atoms with Gasteiger partial charge in [0.2, 0.25) is 5.91 Å². The maximum Gasteiger partial charge on any atom is 0.261 e. The summed E-state index contributed by atoms with van der Waals surface area (Å²) in [5.41, 5.74) is 0.506. The minimum Gasteiger partial charge on any atom is -0.497 e. The van der Waals surface area contributed by atoms with Crippen LogP contribution in [0.5, 0.6) is 11.5 Å². The van der Waals surface area contributed by atoms with Gasteiger partial charge in [0.25, 0.3) is 5.91 Å². The summed E-state index contributed by atoms with van der Waals surface area (Å²) >= 11 is 2.21. The van der Waals surface area contributed by atoms with Gasteiger partial charge in [-0.15, -0.1) is 0 Å². The van der Waals surface area contributed by atoms with Gasteiger partial charge < -0.3 is 19.7 Å². The molecule has 0 aromatic heterocycles. The molecular weight excluding hydrogens is 495 g/mol. The Morgan fingerprint density at radius 1 is 1.03 bits per heavy atom. The highest BCUT2D eigenvalue weighted by atomic mass is 127. The Morgan fingerprint density at radius 3 is 2.13 bits per heavy atom. The smallest absolute Gasteiger partial charge is 0.261 e. The molecule has 2 aromatic carbocycles. The molecule has 0 saturated heterocycles. The molecule has 1 unspecified atom stereocenters. The van der Waals surface area contributed by atoms with Crippen LogP contribution in [0.2, 0.25) is 0 Å². The quantitative estimate of drug-likeness (QED) is 0.531. The van der Waals surface area contributed by atoms with Crippen molar-refractivity contribution in [2.75, 3.05) is 13.7 Å². The van der Waals surface area contributed by atoms with Gasteiger partial charge >= 0.3 is 0 Å². The maximum atomic E-state index is 13.0. The Balaban J connectivity index is 2.16. The number of methoxy groups -OCH3 is 1. The normalized spacial score (nSPS) is 12.1. The topological polar surface area (TPSA) is 67.9 Å². The molecule has 7 heteroatoms. The van der Waals surface area contributed by atoms with Gasteiger partial charge in [0.1, 0.15) is 17.5 Å². The van der Waals surface area contributed by atoms with Crippen LogP contribution in [0, 0.1) is 3.57 Å². The molecule has 0 heterocycles. The van der Waals surface area contributed by atoms with E-state index in [1.807, 2.05) is 69.3 Å². The average molecular weight is 524 g/mol. The van der Waals surface area contributed by atoms with Gasteiger partial charge in [-0.25, -0.2) is 0 Å². The van der Waals surface area contributed by atoms with Crippen molar-refractivity contribution in [2.45, 2.75) is 45.8 Å². The third-order valence-electron chi connectivity index (χ3n) is 4.35. The highest BCUT2D eigenvalue weighted by Crippen LogP contribution is 2.17. The van der Waals surface area contributed by atoms with E-state index in [1.54, 1.807) is 14.0 Å². The summed E-state index contributed by atoms with van der Waals surface area (Å²) in [6.45, 7) is 7.60. The van der Waals surface area contributed by atoms with Gasteiger partial charge in [-0.3, -0.25) is 9.59 Å². The lowest BCUT2D eigenvalue weighted by Gasteiger charge is -2.31. The fourth-order valence-corrected chi connectivity index (χ4v) is 3.10. The van der Waals surface area contributed by atoms with Gasteiger partial charge in [0, 0.05) is 15.7 Å². The number of halogens is 1. The first-order chi connectivity index (χ1) is 14.1. The van der Waals surface area contributed by atoms with Gasteiger partial charge in [0.15, 0.2) is 6.61 Å². The van der Waals surface area contributed by atoms with Crippen LogP contribution in [-0.4, -0.2) is 42.0 Å². The van der Waals surface area contributed by atoms with Crippen molar-refractivity contribution in [1.29, 1.82) is 0 Å². The molecule has 2 rings (SSSR count). The van der Waals surface area contributed by atoms with Gasteiger partial charge in [-0.05, 0) is 92.2 Å². The lowest BCUT2D eigenvalue weighted by molar-refractivity contribution is -0.142. The summed E-state index contributed by atoms with van der Waals surface area (Å²) < 4.78 is 11.9. The van der Waals surface area contributed by atoms with Crippen LogP contribution in [-0.2, 0) is 16.1 Å². The number of nitrogens with zero attached hydrogens (tertiary/aromatic N) is 1. The Hall–Kier alpha value is -2.29. The molecule has 0 aliphatic heterocycles. The fraction of sp³-hybridized carbons (Fsp3) is 0.391. The molecule has 0 spiro atoms. The Morgan fingerprint density at radius 2 is 1.60 bits per heavy atom. The molecule has 1 atom stereocenters. The second-order valence-corrected chi connectivity index (χ2v) is 9.27. The number of carbonyl (C=O) groups is 2. The van der Waals surface area contributed by atoms with Crippen molar-refractivity contribution in [3.63, 3.8) is 0 Å². The molecule has 0 saturated carbocycles. The van der Waals surface area contributed by atoms with Crippen molar-refractivity contribution in [3.8, 4) is 11.5 Å². The van der Waals surface area contributed by atoms with Crippen LogP contribution in [0.25, 0.3) is 0 Å². The first kappa shape index (κ1) is 24.0. The van der Waals surface area contributed by atoms with Crippen molar-refractivity contribution >= 4 is 34.4 Å². The summed E-state index contributed by atoms with van der Waals surface area (Å²) in [6.07, 6.45) is 0.